The fraction of sp³-hybridized carbons (Fsp3) is 0.412. The Bertz CT molecular complexity index is 4120. The van der Waals surface area contributed by atoms with E-state index in [1.54, 1.807) is 11.1 Å². The van der Waals surface area contributed by atoms with Gasteiger partial charge in [-0.2, -0.15) is 0 Å². The molecule has 20 rings (SSSR count). The highest BCUT2D eigenvalue weighted by molar-refractivity contribution is 6.90. The van der Waals surface area contributed by atoms with E-state index in [-0.39, 0.29) is 17.7 Å². The molecular weight excluding hydrogens is 872 g/mol. The summed E-state index contributed by atoms with van der Waals surface area (Å²) in [6.07, 6.45) is 15.4. The van der Waals surface area contributed by atoms with Crippen molar-refractivity contribution in [2.75, 3.05) is 4.90 Å². The zero-order chi connectivity index (χ0) is 47.1. The zero-order valence-electron chi connectivity index (χ0n) is 42.5. The predicted octanol–water partition coefficient (Wildman–Crippen LogP) is 15.7. The van der Waals surface area contributed by atoms with Gasteiger partial charge in [-0.1, -0.05) is 88.4 Å². The van der Waals surface area contributed by atoms with E-state index in [0.29, 0.717) is 21.7 Å². The minimum atomic E-state index is -0.0380. The molecule has 0 amide bonds. The summed E-state index contributed by atoms with van der Waals surface area (Å²) in [5, 5.41) is 8.06. The van der Waals surface area contributed by atoms with Crippen LogP contribution < -0.4 is 15.8 Å². The largest absolute Gasteiger partial charge is 0.455 e. The lowest BCUT2D eigenvalue weighted by Gasteiger charge is -2.91. The highest BCUT2D eigenvalue weighted by Gasteiger charge is 2.87. The Kier molecular flexibility index (Phi) is 6.19. The van der Waals surface area contributed by atoms with Crippen molar-refractivity contribution in [1.82, 2.24) is 4.48 Å². The molecule has 9 aliphatic carbocycles. The van der Waals surface area contributed by atoms with Gasteiger partial charge in [0.25, 0.3) is 0 Å². The van der Waals surface area contributed by atoms with Gasteiger partial charge < -0.3 is 13.8 Å². The van der Waals surface area contributed by atoms with Crippen molar-refractivity contribution in [2.24, 2.45) is 46.3 Å². The van der Waals surface area contributed by atoms with Crippen LogP contribution in [0.4, 0.5) is 17.1 Å². The molecule has 352 valence electrons. The number of furan rings is 1. The van der Waals surface area contributed by atoms with Crippen molar-refractivity contribution in [2.45, 2.75) is 127 Å². The Labute approximate surface area is 422 Å². The molecule has 4 atom stereocenters. The molecule has 0 N–H and O–H groups in total. The van der Waals surface area contributed by atoms with Crippen LogP contribution in [-0.4, -0.2) is 11.3 Å². The Hall–Kier alpha value is -5.74. The minimum Gasteiger partial charge on any atom is -0.455 e. The number of anilines is 3. The summed E-state index contributed by atoms with van der Waals surface area (Å²) >= 11 is 0. The van der Waals surface area contributed by atoms with Gasteiger partial charge in [0.2, 0.25) is 0 Å². The quantitative estimate of drug-likeness (QED) is 0.165. The first-order valence-electron chi connectivity index (χ1n) is 28.5. The van der Waals surface area contributed by atoms with Crippen LogP contribution in [0, 0.1) is 53.3 Å². The lowest BCUT2D eigenvalue weighted by molar-refractivity contribution is -0.395. The lowest BCUT2D eigenvalue weighted by atomic mass is 9.12. The third-order valence-electron chi connectivity index (χ3n) is 25.2. The van der Waals surface area contributed by atoms with Crippen LogP contribution in [0.5, 0.6) is 0 Å². The molecule has 0 saturated heterocycles. The van der Waals surface area contributed by atoms with E-state index >= 15 is 0 Å². The van der Waals surface area contributed by atoms with Crippen molar-refractivity contribution in [3.63, 3.8) is 0 Å². The number of rotatable bonds is 3. The van der Waals surface area contributed by atoms with Gasteiger partial charge in [0.05, 0.1) is 0 Å². The Morgan fingerprint density at radius 3 is 2.03 bits per heavy atom. The molecule has 4 heterocycles. The molecule has 4 heteroatoms. The maximum absolute atomic E-state index is 7.39. The fourth-order valence-electron chi connectivity index (χ4n) is 22.1. The maximum atomic E-state index is 7.39. The number of aromatic nitrogens is 1. The zero-order valence-corrected chi connectivity index (χ0v) is 42.5. The normalized spacial score (nSPS) is 35.1. The molecule has 8 saturated carbocycles. The summed E-state index contributed by atoms with van der Waals surface area (Å²) < 4.78 is 10.3. The average Bonchev–Trinajstić information content (AvgIpc) is 4.13. The summed E-state index contributed by atoms with van der Waals surface area (Å²) in [5.74, 6) is 5.78. The number of hydrogen-bond donors (Lipinski definition) is 0. The third-order valence-corrected chi connectivity index (χ3v) is 25.2. The number of para-hydroxylation sites is 1. The van der Waals surface area contributed by atoms with E-state index in [4.69, 9.17) is 4.42 Å². The highest BCUT2D eigenvalue weighted by Crippen LogP contribution is 2.93. The number of benzene rings is 7. The summed E-state index contributed by atoms with van der Waals surface area (Å²) in [4.78, 5) is 2.74. The maximum Gasteiger partial charge on any atom is 0.333 e. The van der Waals surface area contributed by atoms with Crippen LogP contribution in [0.1, 0.15) is 126 Å². The fourth-order valence-corrected chi connectivity index (χ4v) is 22.1. The molecule has 3 nitrogen and oxygen atoms in total. The van der Waals surface area contributed by atoms with Gasteiger partial charge in [0, 0.05) is 66.2 Å². The molecule has 2 bridgehead atoms. The predicted molar refractivity (Wildman–Crippen MR) is 296 cm³/mol. The molecule has 7 aromatic carbocycles. The molecule has 0 radical (unpaired) electrons. The molecule has 4 unspecified atom stereocenters. The summed E-state index contributed by atoms with van der Waals surface area (Å²) in [6, 6.07) is 44.7. The standard InChI is InChI=1S/C68H61BN2O/c1-35-18-51-52(64(4,5)17-16-63(51,2)3)29-55(35)70-56-20-37-11-7-6-10-36(37)19-53(56)69-60-57(70)28-49-46-12-8-9-13-58(46)72-62(49)59(60)50-27-39(66-32-44-23-41-24-45(33-66)68(41,44)66)26-48-47-25-38(14-15-54(47)71(69)61(48)50)65-30-42-21-40-22-43(31-65)67(40,42)34-65/h6-15,18-20,25-29,40-45H,16-17,21-24,30-34H2,1-5H3. The number of fused-ring (bicyclic) bond motifs is 14. The molecule has 11 aliphatic rings. The summed E-state index contributed by atoms with van der Waals surface area (Å²) in [5.41, 5.74) is 24.2. The van der Waals surface area contributed by atoms with Crippen LogP contribution >= 0.6 is 0 Å². The van der Waals surface area contributed by atoms with Crippen LogP contribution in [-0.2, 0) is 21.7 Å². The number of aryl methyl sites for hydroxylation is 1. The van der Waals surface area contributed by atoms with Crippen LogP contribution in [0.2, 0.25) is 0 Å². The third kappa shape index (κ3) is 3.83. The lowest BCUT2D eigenvalue weighted by Crippen LogP contribution is -2.87. The van der Waals surface area contributed by atoms with Crippen molar-refractivity contribution in [1.29, 1.82) is 0 Å². The molecule has 72 heavy (non-hydrogen) atoms. The van der Waals surface area contributed by atoms with Gasteiger partial charge in [-0.15, -0.1) is 0 Å². The Morgan fingerprint density at radius 2 is 1.29 bits per heavy atom. The van der Waals surface area contributed by atoms with Crippen molar-refractivity contribution in [3.05, 3.63) is 137 Å². The smallest absolute Gasteiger partial charge is 0.333 e. The van der Waals surface area contributed by atoms with Gasteiger partial charge in [-0.25, -0.2) is 0 Å². The minimum absolute atomic E-state index is 0.0380. The Morgan fingerprint density at radius 1 is 0.583 bits per heavy atom. The first-order chi connectivity index (χ1) is 34.9. The van der Waals surface area contributed by atoms with E-state index < -0.39 is 0 Å². The highest BCUT2D eigenvalue weighted by atomic mass is 16.3. The second-order valence-corrected chi connectivity index (χ2v) is 28.2. The van der Waals surface area contributed by atoms with E-state index in [2.05, 4.69) is 153 Å². The topological polar surface area (TPSA) is 21.3 Å². The van der Waals surface area contributed by atoms with Crippen LogP contribution in [0.25, 0.3) is 65.6 Å². The number of hydrogen-bond acceptors (Lipinski definition) is 2. The van der Waals surface area contributed by atoms with Gasteiger partial charge in [0.1, 0.15) is 11.2 Å². The molecule has 9 aromatic rings. The summed E-state index contributed by atoms with van der Waals surface area (Å²) in [7, 11) is 0. The van der Waals surface area contributed by atoms with Crippen LogP contribution in [0.3, 0.4) is 0 Å². The first kappa shape index (κ1) is 38.8. The molecule has 2 aliphatic heterocycles. The van der Waals surface area contributed by atoms with Gasteiger partial charge in [-0.05, 0) is 238 Å². The Balaban J connectivity index is 0.933. The monoisotopic (exact) mass is 932 g/mol. The molecule has 8 fully saturated rings. The van der Waals surface area contributed by atoms with Crippen molar-refractivity contribution < 1.29 is 4.42 Å². The van der Waals surface area contributed by atoms with E-state index in [1.165, 1.54) is 170 Å². The van der Waals surface area contributed by atoms with Gasteiger partial charge in [-0.3, -0.25) is 0 Å². The van der Waals surface area contributed by atoms with Gasteiger partial charge in [0.15, 0.2) is 0 Å². The average molecular weight is 933 g/mol. The van der Waals surface area contributed by atoms with E-state index in [0.717, 1.165) is 46.7 Å². The van der Waals surface area contributed by atoms with Crippen LogP contribution in [0.15, 0.2) is 114 Å². The second kappa shape index (κ2) is 11.5. The van der Waals surface area contributed by atoms with Crippen molar-refractivity contribution >= 4 is 89.4 Å². The number of nitrogens with zero attached hydrogens (tertiary/aromatic N) is 2. The summed E-state index contributed by atoms with van der Waals surface area (Å²) in [6.45, 7) is 12.3. The second-order valence-electron chi connectivity index (χ2n) is 28.2. The SMILES string of the molecule is Cc1cc2c(cc1N1c3cc4ccccc4cc3B3c4c1cc1c(oc5ccccc51)c4-c1cc(C45CC6CC7CC(C4)C765)cc4c5cc(C67CC8CC9CC(C6)C98C7)ccc5n3c14)C(C)(C)CCC2(C)C. The van der Waals surface area contributed by atoms with Gasteiger partial charge >= 0.3 is 6.85 Å². The molecule has 2 spiro atoms. The van der Waals surface area contributed by atoms with Crippen molar-refractivity contribution in [3.8, 4) is 11.1 Å². The van der Waals surface area contributed by atoms with E-state index in [1.807, 2.05) is 0 Å². The first-order valence-corrected chi connectivity index (χ1v) is 28.5. The van der Waals surface area contributed by atoms with E-state index in [9.17, 15) is 0 Å². The molecule has 2 aromatic heterocycles. The molecular formula is C68H61BN2O.